The molecular formula is C29H40Br2O5. The van der Waals surface area contributed by atoms with Crippen molar-refractivity contribution in [2.45, 2.75) is 43.9 Å². The number of methoxy groups -OCH3 is 2. The minimum Gasteiger partial charge on any atom is -0.382 e. The minimum absolute atomic E-state index is 0.0654. The van der Waals surface area contributed by atoms with E-state index in [9.17, 15) is 0 Å². The number of ether oxygens (including phenoxy) is 5. The maximum Gasteiger partial charge on any atom is 0.0701 e. The topological polar surface area (TPSA) is 46.2 Å². The van der Waals surface area contributed by atoms with Gasteiger partial charge in [-0.3, -0.25) is 0 Å². The van der Waals surface area contributed by atoms with E-state index in [-0.39, 0.29) is 5.41 Å². The molecule has 1 aliphatic rings. The summed E-state index contributed by atoms with van der Waals surface area (Å²) in [5.74, 6) is 0. The van der Waals surface area contributed by atoms with E-state index in [1.807, 2.05) is 0 Å². The van der Waals surface area contributed by atoms with Gasteiger partial charge >= 0.3 is 0 Å². The van der Waals surface area contributed by atoms with E-state index in [0.717, 1.165) is 41.2 Å². The van der Waals surface area contributed by atoms with Crippen LogP contribution in [0.3, 0.4) is 0 Å². The molecule has 2 aromatic carbocycles. The molecule has 0 bridgehead atoms. The average molecular weight is 628 g/mol. The van der Waals surface area contributed by atoms with E-state index in [4.69, 9.17) is 23.7 Å². The molecule has 200 valence electrons. The van der Waals surface area contributed by atoms with E-state index in [0.29, 0.717) is 46.2 Å². The zero-order chi connectivity index (χ0) is 25.6. The molecule has 0 unspecified atom stereocenters. The second kappa shape index (κ2) is 16.2. The van der Waals surface area contributed by atoms with E-state index in [1.165, 1.54) is 35.1 Å². The molecule has 36 heavy (non-hydrogen) atoms. The van der Waals surface area contributed by atoms with Gasteiger partial charge in [0.25, 0.3) is 0 Å². The minimum atomic E-state index is -0.0654. The van der Waals surface area contributed by atoms with Crippen LogP contribution in [0.15, 0.2) is 45.3 Å². The van der Waals surface area contributed by atoms with Gasteiger partial charge in [0.05, 0.1) is 39.6 Å². The highest BCUT2D eigenvalue weighted by Crippen LogP contribution is 2.54. The largest absolute Gasteiger partial charge is 0.382 e. The molecule has 0 atom stereocenters. The number of hydrogen-bond acceptors (Lipinski definition) is 5. The average Bonchev–Trinajstić information content (AvgIpc) is 3.13. The van der Waals surface area contributed by atoms with Gasteiger partial charge in [-0.2, -0.15) is 0 Å². The predicted molar refractivity (Wildman–Crippen MR) is 152 cm³/mol. The maximum atomic E-state index is 6.07. The van der Waals surface area contributed by atoms with Crippen molar-refractivity contribution in [1.82, 2.24) is 0 Å². The van der Waals surface area contributed by atoms with Crippen molar-refractivity contribution < 1.29 is 23.7 Å². The van der Waals surface area contributed by atoms with Crippen molar-refractivity contribution in [3.05, 3.63) is 56.5 Å². The second-order valence-electron chi connectivity index (χ2n) is 9.20. The van der Waals surface area contributed by atoms with Crippen molar-refractivity contribution in [3.8, 4) is 11.1 Å². The van der Waals surface area contributed by atoms with Crippen LogP contribution in [0, 0.1) is 0 Å². The molecule has 0 saturated heterocycles. The van der Waals surface area contributed by atoms with Crippen molar-refractivity contribution in [1.29, 1.82) is 0 Å². The number of fused-ring (bicyclic) bond motifs is 3. The monoisotopic (exact) mass is 626 g/mol. The summed E-state index contributed by atoms with van der Waals surface area (Å²) in [6, 6.07) is 13.5. The second-order valence-corrected chi connectivity index (χ2v) is 11.0. The lowest BCUT2D eigenvalue weighted by Crippen LogP contribution is -2.28. The molecule has 2 aromatic rings. The summed E-state index contributed by atoms with van der Waals surface area (Å²) in [7, 11) is 3.39. The first-order valence-corrected chi connectivity index (χ1v) is 14.5. The number of unbranched alkanes of at least 4 members (excludes halogenated alkanes) is 3. The molecule has 0 N–H and O–H groups in total. The highest BCUT2D eigenvalue weighted by atomic mass is 79.9. The first-order chi connectivity index (χ1) is 17.6. The lowest BCUT2D eigenvalue weighted by atomic mass is 9.72. The molecule has 0 radical (unpaired) electrons. The fourth-order valence-electron chi connectivity index (χ4n) is 5.04. The van der Waals surface area contributed by atoms with Gasteiger partial charge in [-0.05, 0) is 65.8 Å². The van der Waals surface area contributed by atoms with Crippen molar-refractivity contribution >= 4 is 31.9 Å². The van der Waals surface area contributed by atoms with Crippen LogP contribution in [-0.2, 0) is 29.1 Å². The van der Waals surface area contributed by atoms with Gasteiger partial charge in [0, 0.05) is 41.8 Å². The van der Waals surface area contributed by atoms with Crippen molar-refractivity contribution in [2.24, 2.45) is 0 Å². The van der Waals surface area contributed by atoms with Crippen LogP contribution in [-0.4, -0.2) is 67.1 Å². The first kappa shape index (κ1) is 29.8. The van der Waals surface area contributed by atoms with Gasteiger partial charge in [0.2, 0.25) is 0 Å². The summed E-state index contributed by atoms with van der Waals surface area (Å²) in [4.78, 5) is 0. The number of rotatable bonds is 19. The van der Waals surface area contributed by atoms with Gasteiger partial charge in [-0.15, -0.1) is 0 Å². The molecule has 1 aliphatic carbocycles. The lowest BCUT2D eigenvalue weighted by molar-refractivity contribution is 0.0213. The molecule has 0 spiro atoms. The SMILES string of the molecule is COCCOCCCCCCC1(CCOCCOCCOC)c2cc(Br)ccc2-c2ccc(Br)cc21. The summed E-state index contributed by atoms with van der Waals surface area (Å²) >= 11 is 7.47. The molecule has 0 amide bonds. The molecule has 7 heteroatoms. The standard InChI is InChI=1S/C29H40Br2O5/c1-32-15-17-34-13-6-4-3-5-11-29(12-14-35-19-20-36-18-16-33-2)27-21-23(30)7-9-25(27)26-10-8-24(31)22-28(26)29/h7-10,21-22H,3-6,11-20H2,1-2H3. The zero-order valence-corrected chi connectivity index (χ0v) is 24.8. The number of hydrogen-bond donors (Lipinski definition) is 0. The van der Waals surface area contributed by atoms with Crippen LogP contribution in [0.1, 0.15) is 49.7 Å². The third kappa shape index (κ3) is 8.35. The highest BCUT2D eigenvalue weighted by Gasteiger charge is 2.42. The molecule has 0 saturated carbocycles. The normalized spacial score (nSPS) is 13.7. The van der Waals surface area contributed by atoms with Crippen LogP contribution in [0.4, 0.5) is 0 Å². The van der Waals surface area contributed by atoms with Crippen LogP contribution < -0.4 is 0 Å². The summed E-state index contributed by atoms with van der Waals surface area (Å²) in [5, 5.41) is 0. The Morgan fingerprint density at radius 1 is 0.556 bits per heavy atom. The predicted octanol–water partition coefficient (Wildman–Crippen LogP) is 7.16. The molecule has 3 rings (SSSR count). The Balaban J connectivity index is 1.67. The van der Waals surface area contributed by atoms with E-state index >= 15 is 0 Å². The Morgan fingerprint density at radius 3 is 1.64 bits per heavy atom. The Morgan fingerprint density at radius 2 is 1.06 bits per heavy atom. The van der Waals surface area contributed by atoms with Gasteiger partial charge in [0.1, 0.15) is 0 Å². The van der Waals surface area contributed by atoms with Gasteiger partial charge < -0.3 is 23.7 Å². The van der Waals surface area contributed by atoms with Gasteiger partial charge in [0.15, 0.2) is 0 Å². The smallest absolute Gasteiger partial charge is 0.0701 e. The Kier molecular flexibility index (Phi) is 13.4. The lowest BCUT2D eigenvalue weighted by Gasteiger charge is -2.33. The van der Waals surface area contributed by atoms with Crippen LogP contribution >= 0.6 is 31.9 Å². The fourth-order valence-corrected chi connectivity index (χ4v) is 5.76. The summed E-state index contributed by atoms with van der Waals surface area (Å²) in [6.45, 7) is 5.23. The Labute approximate surface area is 233 Å². The van der Waals surface area contributed by atoms with Gasteiger partial charge in [-0.1, -0.05) is 63.3 Å². The molecule has 0 heterocycles. The van der Waals surface area contributed by atoms with Crippen LogP contribution in [0.25, 0.3) is 11.1 Å². The molecule has 5 nitrogen and oxygen atoms in total. The maximum absolute atomic E-state index is 6.07. The molecule has 0 aliphatic heterocycles. The molecule has 0 aromatic heterocycles. The van der Waals surface area contributed by atoms with Gasteiger partial charge in [-0.25, -0.2) is 0 Å². The Bertz CT molecular complexity index is 869. The molecular weight excluding hydrogens is 588 g/mol. The van der Waals surface area contributed by atoms with E-state index in [1.54, 1.807) is 14.2 Å². The van der Waals surface area contributed by atoms with Crippen molar-refractivity contribution in [3.63, 3.8) is 0 Å². The number of benzene rings is 2. The fraction of sp³-hybridized carbons (Fsp3) is 0.586. The van der Waals surface area contributed by atoms with Crippen LogP contribution in [0.5, 0.6) is 0 Å². The third-order valence-electron chi connectivity index (χ3n) is 6.84. The van der Waals surface area contributed by atoms with Crippen molar-refractivity contribution in [2.75, 3.05) is 67.1 Å². The van der Waals surface area contributed by atoms with E-state index < -0.39 is 0 Å². The first-order valence-electron chi connectivity index (χ1n) is 12.9. The van der Waals surface area contributed by atoms with E-state index in [2.05, 4.69) is 68.3 Å². The summed E-state index contributed by atoms with van der Waals surface area (Å²) < 4.78 is 29.6. The quantitative estimate of drug-likeness (QED) is 0.155. The Hall–Kier alpha value is -0.800. The summed E-state index contributed by atoms with van der Waals surface area (Å²) in [5.41, 5.74) is 5.44. The zero-order valence-electron chi connectivity index (χ0n) is 21.7. The van der Waals surface area contributed by atoms with Crippen LogP contribution in [0.2, 0.25) is 0 Å². The summed E-state index contributed by atoms with van der Waals surface area (Å²) in [6.07, 6.45) is 6.66. The highest BCUT2D eigenvalue weighted by molar-refractivity contribution is 9.10. The third-order valence-corrected chi connectivity index (χ3v) is 7.82. The number of halogens is 2. The molecule has 0 fully saturated rings.